The lowest BCUT2D eigenvalue weighted by molar-refractivity contribution is -0.141. The van der Waals surface area contributed by atoms with Crippen molar-refractivity contribution in [3.05, 3.63) is 35.9 Å². The van der Waals surface area contributed by atoms with Gasteiger partial charge in [0.15, 0.2) is 0 Å². The number of anilines is 1. The molecule has 1 aromatic heterocycles. The molecule has 2 aromatic rings. The molecule has 1 saturated heterocycles. The van der Waals surface area contributed by atoms with E-state index < -0.39 is 5.97 Å². The summed E-state index contributed by atoms with van der Waals surface area (Å²) in [5.74, 6) is -0.475. The minimum Gasteiger partial charge on any atom is -0.481 e. The molecular weight excluding hydrogens is 266 g/mol. The predicted molar refractivity (Wildman–Crippen MR) is 79.0 cm³/mol. The smallest absolute Gasteiger partial charge is 0.308 e. The van der Waals surface area contributed by atoms with Crippen LogP contribution in [0.1, 0.15) is 18.9 Å². The average molecular weight is 281 g/mol. The number of carboxylic acid groups (broad SMARTS) is 1. The molecule has 0 amide bonds. The molecule has 1 aliphatic heterocycles. The quantitative estimate of drug-likeness (QED) is 0.914. The zero-order valence-corrected chi connectivity index (χ0v) is 11.7. The van der Waals surface area contributed by atoms with E-state index in [1.807, 2.05) is 36.1 Å². The number of aromatic nitrogens is 1. The summed E-state index contributed by atoms with van der Waals surface area (Å²) >= 11 is 0. The first-order valence-electron chi connectivity index (χ1n) is 6.91. The molecular formula is C16H15N3O2. The van der Waals surface area contributed by atoms with Gasteiger partial charge >= 0.3 is 5.97 Å². The van der Waals surface area contributed by atoms with Gasteiger partial charge in [-0.25, -0.2) is 4.98 Å². The third-order valence-corrected chi connectivity index (χ3v) is 4.19. The van der Waals surface area contributed by atoms with Crippen LogP contribution in [0.5, 0.6) is 0 Å². The van der Waals surface area contributed by atoms with Crippen LogP contribution in [0.25, 0.3) is 10.9 Å². The summed E-state index contributed by atoms with van der Waals surface area (Å²) < 4.78 is 0. The lowest BCUT2D eigenvalue weighted by Crippen LogP contribution is -2.33. The van der Waals surface area contributed by atoms with Crippen LogP contribution in [0, 0.1) is 17.2 Å². The van der Waals surface area contributed by atoms with Crippen LogP contribution >= 0.6 is 0 Å². The fourth-order valence-electron chi connectivity index (χ4n) is 2.99. The summed E-state index contributed by atoms with van der Waals surface area (Å²) in [7, 11) is 0. The molecule has 0 radical (unpaired) electrons. The number of hydrogen-bond donors (Lipinski definition) is 1. The molecule has 0 saturated carbocycles. The number of carboxylic acids is 1. The number of benzene rings is 1. The van der Waals surface area contributed by atoms with Crippen molar-refractivity contribution >= 4 is 22.7 Å². The van der Waals surface area contributed by atoms with Gasteiger partial charge in [-0.2, -0.15) is 5.26 Å². The molecule has 106 valence electrons. The normalized spacial score (nSPS) is 21.4. The molecule has 0 spiro atoms. The highest BCUT2D eigenvalue weighted by Crippen LogP contribution is 2.31. The standard InChI is InChI=1S/C16H15N3O2/c1-10-12(16(20)21)6-7-19(10)15-8-11(9-17)13-4-2-3-5-14(13)18-15/h2-5,8,10,12H,6-7H2,1H3,(H,20,21). The highest BCUT2D eigenvalue weighted by atomic mass is 16.4. The highest BCUT2D eigenvalue weighted by molar-refractivity contribution is 5.86. The van der Waals surface area contributed by atoms with E-state index in [0.29, 0.717) is 24.3 Å². The van der Waals surface area contributed by atoms with Crippen LogP contribution in [0.3, 0.4) is 0 Å². The van der Waals surface area contributed by atoms with Gasteiger partial charge in [0, 0.05) is 18.0 Å². The minimum absolute atomic E-state index is 0.122. The van der Waals surface area contributed by atoms with E-state index in [4.69, 9.17) is 0 Å². The Morgan fingerprint density at radius 3 is 2.90 bits per heavy atom. The predicted octanol–water partition coefficient (Wildman–Crippen LogP) is 2.41. The number of carbonyl (C=O) groups is 1. The van der Waals surface area contributed by atoms with E-state index in [9.17, 15) is 15.2 Å². The summed E-state index contributed by atoms with van der Waals surface area (Å²) in [6.45, 7) is 2.54. The second kappa shape index (κ2) is 5.06. The largest absolute Gasteiger partial charge is 0.481 e. The molecule has 21 heavy (non-hydrogen) atoms. The Balaban J connectivity index is 2.06. The van der Waals surface area contributed by atoms with Crippen LogP contribution in [-0.4, -0.2) is 28.6 Å². The number of pyridine rings is 1. The molecule has 2 heterocycles. The van der Waals surface area contributed by atoms with Crippen molar-refractivity contribution in [2.45, 2.75) is 19.4 Å². The number of hydrogen-bond acceptors (Lipinski definition) is 4. The Morgan fingerprint density at radius 2 is 2.24 bits per heavy atom. The van der Waals surface area contributed by atoms with Crippen LogP contribution in [0.15, 0.2) is 30.3 Å². The third kappa shape index (κ3) is 2.19. The zero-order chi connectivity index (χ0) is 15.0. The Morgan fingerprint density at radius 1 is 1.48 bits per heavy atom. The van der Waals surface area contributed by atoms with Gasteiger partial charge in [-0.15, -0.1) is 0 Å². The van der Waals surface area contributed by atoms with Gasteiger partial charge in [-0.1, -0.05) is 18.2 Å². The molecule has 5 nitrogen and oxygen atoms in total. The topological polar surface area (TPSA) is 77.2 Å². The van der Waals surface area contributed by atoms with Gasteiger partial charge in [-0.05, 0) is 25.5 Å². The number of para-hydroxylation sites is 1. The molecule has 1 N–H and O–H groups in total. The van der Waals surface area contributed by atoms with E-state index >= 15 is 0 Å². The maximum absolute atomic E-state index is 11.2. The van der Waals surface area contributed by atoms with E-state index in [-0.39, 0.29) is 12.0 Å². The molecule has 1 aliphatic rings. The molecule has 2 unspecified atom stereocenters. The van der Waals surface area contributed by atoms with Crippen molar-refractivity contribution in [1.29, 1.82) is 5.26 Å². The van der Waals surface area contributed by atoms with Crippen LogP contribution in [0.2, 0.25) is 0 Å². The third-order valence-electron chi connectivity index (χ3n) is 4.19. The van der Waals surface area contributed by atoms with Crippen LogP contribution in [0.4, 0.5) is 5.82 Å². The first-order chi connectivity index (χ1) is 10.1. The average Bonchev–Trinajstić information content (AvgIpc) is 2.88. The summed E-state index contributed by atoms with van der Waals surface area (Å²) in [5.41, 5.74) is 1.33. The van der Waals surface area contributed by atoms with Gasteiger partial charge in [0.2, 0.25) is 0 Å². The first-order valence-corrected chi connectivity index (χ1v) is 6.91. The Bertz CT molecular complexity index is 751. The molecule has 5 heteroatoms. The number of fused-ring (bicyclic) bond motifs is 1. The maximum Gasteiger partial charge on any atom is 0.308 e. The second-order valence-corrected chi connectivity index (χ2v) is 5.32. The molecule has 0 aliphatic carbocycles. The SMILES string of the molecule is CC1C(C(=O)O)CCN1c1cc(C#N)c2ccccc2n1. The Kier molecular flexibility index (Phi) is 3.22. The van der Waals surface area contributed by atoms with Crippen molar-refractivity contribution in [1.82, 2.24) is 4.98 Å². The van der Waals surface area contributed by atoms with Crippen molar-refractivity contribution in [2.75, 3.05) is 11.4 Å². The summed E-state index contributed by atoms with van der Waals surface area (Å²) in [5, 5.41) is 19.4. The van der Waals surface area contributed by atoms with Crippen molar-refractivity contribution < 1.29 is 9.90 Å². The van der Waals surface area contributed by atoms with Gasteiger partial charge in [-0.3, -0.25) is 4.79 Å². The van der Waals surface area contributed by atoms with Gasteiger partial charge < -0.3 is 10.0 Å². The van der Waals surface area contributed by atoms with Crippen LogP contribution in [-0.2, 0) is 4.79 Å². The van der Waals surface area contributed by atoms with E-state index in [1.54, 1.807) is 6.07 Å². The maximum atomic E-state index is 11.2. The molecule has 1 fully saturated rings. The molecule has 0 bridgehead atoms. The van der Waals surface area contributed by atoms with E-state index in [1.165, 1.54) is 0 Å². The lowest BCUT2D eigenvalue weighted by Gasteiger charge is -2.24. The van der Waals surface area contributed by atoms with Crippen LogP contribution < -0.4 is 4.90 Å². The van der Waals surface area contributed by atoms with Crippen molar-refractivity contribution in [3.8, 4) is 6.07 Å². The Labute approximate surface area is 122 Å². The highest BCUT2D eigenvalue weighted by Gasteiger charge is 2.36. The van der Waals surface area contributed by atoms with Gasteiger partial charge in [0.1, 0.15) is 5.82 Å². The van der Waals surface area contributed by atoms with Crippen molar-refractivity contribution in [3.63, 3.8) is 0 Å². The Hall–Kier alpha value is -2.61. The fraction of sp³-hybridized carbons (Fsp3) is 0.312. The first kappa shape index (κ1) is 13.4. The lowest BCUT2D eigenvalue weighted by atomic mass is 10.0. The second-order valence-electron chi connectivity index (χ2n) is 5.32. The summed E-state index contributed by atoms with van der Waals surface area (Å²) in [4.78, 5) is 17.8. The van der Waals surface area contributed by atoms with Gasteiger partial charge in [0.25, 0.3) is 0 Å². The molecule has 3 rings (SSSR count). The number of nitriles is 1. The van der Waals surface area contributed by atoms with Gasteiger partial charge in [0.05, 0.1) is 23.1 Å². The van der Waals surface area contributed by atoms with Crippen molar-refractivity contribution in [2.24, 2.45) is 5.92 Å². The molecule has 2 atom stereocenters. The van der Waals surface area contributed by atoms with E-state index in [2.05, 4.69) is 11.1 Å². The number of rotatable bonds is 2. The molecule has 1 aromatic carbocycles. The monoisotopic (exact) mass is 281 g/mol. The number of nitrogens with zero attached hydrogens (tertiary/aromatic N) is 3. The van der Waals surface area contributed by atoms with E-state index in [0.717, 1.165) is 10.9 Å². The number of aliphatic carboxylic acids is 1. The summed E-state index contributed by atoms with van der Waals surface area (Å²) in [6, 6.07) is 11.3. The summed E-state index contributed by atoms with van der Waals surface area (Å²) in [6.07, 6.45) is 0.604. The minimum atomic E-state index is -0.772. The fourth-order valence-corrected chi connectivity index (χ4v) is 2.99. The zero-order valence-electron chi connectivity index (χ0n) is 11.7.